The molecular formula is C20H19FN6OS2. The number of hydrogen-bond acceptors (Lipinski definition) is 5. The lowest BCUT2D eigenvalue weighted by atomic mass is 10.1. The number of thiophene rings is 1. The molecule has 30 heavy (non-hydrogen) atoms. The molecule has 0 unspecified atom stereocenters. The van der Waals surface area contributed by atoms with E-state index in [9.17, 15) is 9.18 Å². The molecule has 1 atom stereocenters. The summed E-state index contributed by atoms with van der Waals surface area (Å²) in [5, 5.41) is 12.0. The van der Waals surface area contributed by atoms with Crippen molar-refractivity contribution in [2.45, 2.75) is 19.0 Å². The first-order chi connectivity index (χ1) is 14.5. The molecule has 154 valence electrons. The minimum absolute atomic E-state index is 0.174. The maximum Gasteiger partial charge on any atom is 0.222 e. The Hall–Kier alpha value is -3.11. The Morgan fingerprint density at radius 1 is 1.33 bits per heavy atom. The van der Waals surface area contributed by atoms with Crippen LogP contribution in [0.1, 0.15) is 23.9 Å². The van der Waals surface area contributed by atoms with Crippen molar-refractivity contribution in [1.29, 1.82) is 0 Å². The minimum Gasteiger partial charge on any atom is -0.342 e. The van der Waals surface area contributed by atoms with Crippen molar-refractivity contribution in [2.75, 3.05) is 0 Å². The van der Waals surface area contributed by atoms with Gasteiger partial charge in [0.25, 0.3) is 0 Å². The number of amides is 1. The molecule has 0 saturated carbocycles. The topological polar surface area (TPSA) is 80.5 Å². The van der Waals surface area contributed by atoms with Crippen LogP contribution in [0.4, 0.5) is 4.39 Å². The molecular weight excluding hydrogens is 423 g/mol. The zero-order valence-corrected chi connectivity index (χ0v) is 17.7. The number of aromatic amines is 1. The first-order valence-corrected chi connectivity index (χ1v) is 10.5. The number of aromatic nitrogens is 5. The number of benzene rings is 1. The fraction of sp³-hybridized carbons (Fsp3) is 0.200. The lowest BCUT2D eigenvalue weighted by molar-refractivity contribution is -0.121. The number of carbonyl (C=O) groups is 1. The number of halogens is 1. The predicted molar refractivity (Wildman–Crippen MR) is 115 cm³/mol. The average molecular weight is 443 g/mol. The predicted octanol–water partition coefficient (Wildman–Crippen LogP) is 3.84. The van der Waals surface area contributed by atoms with E-state index in [1.807, 2.05) is 33.7 Å². The lowest BCUT2D eigenvalue weighted by Gasteiger charge is -2.19. The van der Waals surface area contributed by atoms with E-state index in [-0.39, 0.29) is 18.1 Å². The maximum atomic E-state index is 13.4. The van der Waals surface area contributed by atoms with Crippen LogP contribution in [0.25, 0.3) is 10.7 Å². The number of hydrogen-bond donors (Lipinski definition) is 2. The van der Waals surface area contributed by atoms with Crippen molar-refractivity contribution >= 4 is 29.5 Å². The number of H-pyrrole nitrogens is 1. The van der Waals surface area contributed by atoms with Crippen molar-refractivity contribution in [1.82, 2.24) is 29.6 Å². The van der Waals surface area contributed by atoms with Crippen LogP contribution < -0.4 is 5.32 Å². The molecule has 3 aromatic heterocycles. The quantitative estimate of drug-likeness (QED) is 0.426. The lowest BCUT2D eigenvalue weighted by Crippen LogP contribution is -2.31. The van der Waals surface area contributed by atoms with Gasteiger partial charge < -0.3 is 9.88 Å². The van der Waals surface area contributed by atoms with Crippen molar-refractivity contribution in [2.24, 2.45) is 7.05 Å². The van der Waals surface area contributed by atoms with Gasteiger partial charge in [-0.1, -0.05) is 18.2 Å². The van der Waals surface area contributed by atoms with Crippen LogP contribution in [0.5, 0.6) is 0 Å². The van der Waals surface area contributed by atoms with E-state index in [1.165, 1.54) is 12.1 Å². The van der Waals surface area contributed by atoms with Crippen LogP contribution in [0.15, 0.2) is 54.2 Å². The van der Waals surface area contributed by atoms with E-state index in [0.717, 1.165) is 10.4 Å². The summed E-state index contributed by atoms with van der Waals surface area (Å²) >= 11 is 6.88. The summed E-state index contributed by atoms with van der Waals surface area (Å²) in [5.41, 5.74) is 0.748. The molecule has 0 saturated heterocycles. The molecule has 0 aliphatic rings. The van der Waals surface area contributed by atoms with Crippen LogP contribution in [0.2, 0.25) is 0 Å². The summed E-state index contributed by atoms with van der Waals surface area (Å²) < 4.78 is 17.5. The Balaban J connectivity index is 1.52. The highest BCUT2D eigenvalue weighted by Gasteiger charge is 2.21. The number of aryl methyl sites for hydroxylation is 1. The van der Waals surface area contributed by atoms with Crippen LogP contribution in [0.3, 0.4) is 0 Å². The highest BCUT2D eigenvalue weighted by Crippen LogP contribution is 2.24. The summed E-state index contributed by atoms with van der Waals surface area (Å²) in [6.45, 7) is 0.380. The Bertz CT molecular complexity index is 1190. The summed E-state index contributed by atoms with van der Waals surface area (Å²) in [7, 11) is 1.85. The minimum atomic E-state index is -0.493. The van der Waals surface area contributed by atoms with Gasteiger partial charge in [-0.25, -0.2) is 9.37 Å². The molecule has 0 radical (unpaired) electrons. The van der Waals surface area contributed by atoms with Crippen molar-refractivity contribution in [3.8, 4) is 10.7 Å². The largest absolute Gasteiger partial charge is 0.342 e. The first-order valence-electron chi connectivity index (χ1n) is 9.24. The molecule has 7 nitrogen and oxygen atoms in total. The van der Waals surface area contributed by atoms with Gasteiger partial charge in [0.2, 0.25) is 5.91 Å². The molecule has 2 N–H and O–H groups in total. The summed E-state index contributed by atoms with van der Waals surface area (Å²) in [6, 6.07) is 9.44. The van der Waals surface area contributed by atoms with Crippen molar-refractivity contribution in [3.05, 3.63) is 76.1 Å². The molecule has 0 bridgehead atoms. The Morgan fingerprint density at radius 2 is 2.13 bits per heavy atom. The molecule has 0 fully saturated rings. The van der Waals surface area contributed by atoms with Gasteiger partial charge in [-0.15, -0.1) is 11.3 Å². The Kier molecular flexibility index (Phi) is 5.86. The first kappa shape index (κ1) is 20.2. The van der Waals surface area contributed by atoms with Gasteiger partial charge in [0.05, 0.1) is 4.88 Å². The highest BCUT2D eigenvalue weighted by molar-refractivity contribution is 7.71. The van der Waals surface area contributed by atoms with E-state index in [1.54, 1.807) is 35.9 Å². The fourth-order valence-corrected chi connectivity index (χ4v) is 4.12. The second kappa shape index (κ2) is 8.72. The van der Waals surface area contributed by atoms with E-state index >= 15 is 0 Å². The summed E-state index contributed by atoms with van der Waals surface area (Å²) in [4.78, 5) is 18.1. The number of nitrogens with one attached hydrogen (secondary N) is 2. The van der Waals surface area contributed by atoms with Crippen LogP contribution in [-0.4, -0.2) is 30.2 Å². The second-order valence-electron chi connectivity index (χ2n) is 6.68. The average Bonchev–Trinajstić information content (AvgIpc) is 3.47. The third-order valence-corrected chi connectivity index (χ3v) is 5.87. The maximum absolute atomic E-state index is 13.4. The van der Waals surface area contributed by atoms with Gasteiger partial charge in [0.15, 0.2) is 10.6 Å². The van der Waals surface area contributed by atoms with Crippen molar-refractivity contribution < 1.29 is 9.18 Å². The molecule has 1 amide bonds. The van der Waals surface area contributed by atoms with Gasteiger partial charge in [-0.2, -0.15) is 5.10 Å². The van der Waals surface area contributed by atoms with Crippen molar-refractivity contribution in [3.63, 3.8) is 0 Å². The molecule has 0 aliphatic carbocycles. The zero-order chi connectivity index (χ0) is 21.1. The number of nitrogens with zero attached hydrogens (tertiary/aromatic N) is 4. The molecule has 0 aliphatic heterocycles. The van der Waals surface area contributed by atoms with E-state index in [0.29, 0.717) is 23.0 Å². The number of rotatable bonds is 7. The normalized spacial score (nSPS) is 12.1. The molecule has 0 spiro atoms. The van der Waals surface area contributed by atoms with Crippen LogP contribution >= 0.6 is 23.6 Å². The number of carbonyl (C=O) groups excluding carboxylic acids is 1. The third kappa shape index (κ3) is 4.24. The third-order valence-electron chi connectivity index (χ3n) is 4.69. The van der Waals surface area contributed by atoms with E-state index < -0.39 is 6.04 Å². The van der Waals surface area contributed by atoms with Gasteiger partial charge in [0.1, 0.15) is 17.7 Å². The standard InChI is InChI=1S/C20H19FN6OS2/c1-26-11-9-22-19(26)17(13-4-6-14(21)7-5-13)23-16(28)8-10-27-18(24-25-20(27)29)15-3-2-12-30-15/h2-7,9,11-12,17H,8,10H2,1H3,(H,23,28)(H,25,29)/t17-/m1/s1. The Labute approximate surface area is 181 Å². The number of imidazole rings is 1. The van der Waals surface area contributed by atoms with E-state index in [2.05, 4.69) is 20.5 Å². The Morgan fingerprint density at radius 3 is 2.80 bits per heavy atom. The second-order valence-corrected chi connectivity index (χ2v) is 8.01. The SMILES string of the molecule is Cn1ccnc1[C@H](NC(=O)CCn1c(-c2cccs2)n[nH]c1=S)c1ccc(F)cc1. The smallest absolute Gasteiger partial charge is 0.222 e. The molecule has 4 aromatic rings. The summed E-state index contributed by atoms with van der Waals surface area (Å²) in [6.07, 6.45) is 3.67. The van der Waals surface area contributed by atoms with Gasteiger partial charge in [-0.3, -0.25) is 14.5 Å². The molecule has 3 heterocycles. The molecule has 1 aromatic carbocycles. The highest BCUT2D eigenvalue weighted by atomic mass is 32.1. The van der Waals surface area contributed by atoms with Crippen LogP contribution in [-0.2, 0) is 18.4 Å². The van der Waals surface area contributed by atoms with Gasteiger partial charge in [0, 0.05) is 32.4 Å². The van der Waals surface area contributed by atoms with Crippen LogP contribution in [0, 0.1) is 10.6 Å². The van der Waals surface area contributed by atoms with E-state index in [4.69, 9.17) is 12.2 Å². The molecule has 10 heteroatoms. The van der Waals surface area contributed by atoms with Gasteiger partial charge in [-0.05, 0) is 41.4 Å². The molecule has 4 rings (SSSR count). The monoisotopic (exact) mass is 442 g/mol. The fourth-order valence-electron chi connectivity index (χ4n) is 3.17. The van der Waals surface area contributed by atoms with Gasteiger partial charge >= 0.3 is 0 Å². The zero-order valence-electron chi connectivity index (χ0n) is 16.1. The summed E-state index contributed by atoms with van der Waals surface area (Å²) in [5.74, 6) is 0.864.